The number of rotatable bonds is 2. The fourth-order valence-corrected chi connectivity index (χ4v) is 5.29. The molecule has 1 N–H and O–H groups in total. The summed E-state index contributed by atoms with van der Waals surface area (Å²) in [5, 5.41) is 4.47. The predicted octanol–water partition coefficient (Wildman–Crippen LogP) is 3.13. The molecule has 1 fully saturated rings. The Labute approximate surface area is 132 Å². The SMILES string of the molecule is CC1(C)Cc2ccc(Cl)cc2C1NC1CCS(=O)(=O)CC1. The molecular formula is C16H22ClNO2S. The average molecular weight is 328 g/mol. The molecule has 1 heterocycles. The van der Waals surface area contributed by atoms with Gasteiger partial charge in [-0.2, -0.15) is 0 Å². The van der Waals surface area contributed by atoms with Gasteiger partial charge in [0, 0.05) is 17.1 Å². The van der Waals surface area contributed by atoms with Crippen LogP contribution in [0.15, 0.2) is 18.2 Å². The molecule has 116 valence electrons. The Kier molecular flexibility index (Phi) is 3.83. The molecule has 2 aliphatic rings. The molecule has 3 rings (SSSR count). The smallest absolute Gasteiger partial charge is 0.150 e. The monoisotopic (exact) mass is 327 g/mol. The molecule has 0 aromatic heterocycles. The molecule has 1 aliphatic carbocycles. The van der Waals surface area contributed by atoms with Crippen LogP contribution in [0.1, 0.15) is 43.9 Å². The van der Waals surface area contributed by atoms with Gasteiger partial charge < -0.3 is 5.32 Å². The Morgan fingerprint density at radius 3 is 2.57 bits per heavy atom. The van der Waals surface area contributed by atoms with Crippen LogP contribution in [-0.4, -0.2) is 26.0 Å². The van der Waals surface area contributed by atoms with Crippen molar-refractivity contribution in [3.05, 3.63) is 34.3 Å². The number of halogens is 1. The topological polar surface area (TPSA) is 46.2 Å². The molecule has 1 atom stereocenters. The minimum absolute atomic E-state index is 0.128. The van der Waals surface area contributed by atoms with Gasteiger partial charge in [0.1, 0.15) is 9.84 Å². The Morgan fingerprint density at radius 1 is 1.24 bits per heavy atom. The normalized spacial score (nSPS) is 27.5. The first-order valence-electron chi connectivity index (χ1n) is 7.52. The van der Waals surface area contributed by atoms with E-state index < -0.39 is 9.84 Å². The molecule has 0 bridgehead atoms. The Balaban J connectivity index is 1.80. The molecule has 1 aromatic rings. The Hall–Kier alpha value is -0.580. The Bertz CT molecular complexity index is 640. The van der Waals surface area contributed by atoms with Gasteiger partial charge >= 0.3 is 0 Å². The Morgan fingerprint density at radius 2 is 1.90 bits per heavy atom. The molecule has 5 heteroatoms. The van der Waals surface area contributed by atoms with Crippen LogP contribution < -0.4 is 5.32 Å². The summed E-state index contributed by atoms with van der Waals surface area (Å²) in [5.74, 6) is 0.612. The lowest BCUT2D eigenvalue weighted by Crippen LogP contribution is -2.42. The van der Waals surface area contributed by atoms with Crippen molar-refractivity contribution < 1.29 is 8.42 Å². The van der Waals surface area contributed by atoms with Gasteiger partial charge in [0.15, 0.2) is 0 Å². The zero-order valence-electron chi connectivity index (χ0n) is 12.5. The third-order valence-corrected chi connectivity index (χ3v) is 6.75. The zero-order chi connectivity index (χ0) is 15.3. The van der Waals surface area contributed by atoms with Crippen molar-refractivity contribution >= 4 is 21.4 Å². The van der Waals surface area contributed by atoms with Crippen LogP contribution in [0.4, 0.5) is 0 Å². The molecule has 1 unspecified atom stereocenters. The van der Waals surface area contributed by atoms with E-state index >= 15 is 0 Å². The quantitative estimate of drug-likeness (QED) is 0.907. The number of nitrogens with one attached hydrogen (secondary N) is 1. The van der Waals surface area contributed by atoms with Crippen molar-refractivity contribution in [3.8, 4) is 0 Å². The maximum atomic E-state index is 11.6. The van der Waals surface area contributed by atoms with E-state index in [0.29, 0.717) is 24.3 Å². The van der Waals surface area contributed by atoms with Gasteiger partial charge in [-0.15, -0.1) is 0 Å². The highest BCUT2D eigenvalue weighted by Crippen LogP contribution is 2.46. The summed E-state index contributed by atoms with van der Waals surface area (Å²) in [7, 11) is -2.81. The van der Waals surface area contributed by atoms with Crippen LogP contribution in [0.2, 0.25) is 5.02 Å². The second-order valence-corrected chi connectivity index (χ2v) is 9.77. The summed E-state index contributed by atoms with van der Waals surface area (Å²) in [4.78, 5) is 0. The van der Waals surface area contributed by atoms with E-state index in [9.17, 15) is 8.42 Å². The molecule has 0 spiro atoms. The molecule has 1 aromatic carbocycles. The van der Waals surface area contributed by atoms with E-state index in [1.54, 1.807) is 0 Å². The summed E-state index contributed by atoms with van der Waals surface area (Å²) >= 11 is 6.15. The van der Waals surface area contributed by atoms with E-state index in [2.05, 4.69) is 31.3 Å². The van der Waals surface area contributed by atoms with Gasteiger partial charge in [-0.3, -0.25) is 0 Å². The number of benzene rings is 1. The summed E-state index contributed by atoms with van der Waals surface area (Å²) in [6.45, 7) is 4.52. The van der Waals surface area contributed by atoms with E-state index in [1.807, 2.05) is 6.07 Å². The van der Waals surface area contributed by atoms with E-state index in [1.165, 1.54) is 11.1 Å². The summed E-state index contributed by atoms with van der Waals surface area (Å²) in [6, 6.07) is 6.65. The minimum Gasteiger partial charge on any atom is -0.307 e. The van der Waals surface area contributed by atoms with Crippen LogP contribution in [0.25, 0.3) is 0 Å². The second kappa shape index (κ2) is 5.25. The average Bonchev–Trinajstić information content (AvgIpc) is 2.63. The molecular weight excluding hydrogens is 306 g/mol. The van der Waals surface area contributed by atoms with Gasteiger partial charge in [-0.25, -0.2) is 8.42 Å². The third kappa shape index (κ3) is 3.13. The lowest BCUT2D eigenvalue weighted by Gasteiger charge is -2.34. The fraction of sp³-hybridized carbons (Fsp3) is 0.625. The maximum absolute atomic E-state index is 11.6. The van der Waals surface area contributed by atoms with E-state index in [0.717, 1.165) is 11.4 Å². The standard InChI is InChI=1S/C16H22ClNO2S/c1-16(2)10-11-3-4-12(17)9-14(11)15(16)18-13-5-7-21(19,20)8-6-13/h3-4,9,13,15,18H,5-8,10H2,1-2H3. The first-order valence-corrected chi connectivity index (χ1v) is 9.72. The van der Waals surface area contributed by atoms with Crippen molar-refractivity contribution in [2.24, 2.45) is 5.41 Å². The van der Waals surface area contributed by atoms with Gasteiger partial charge in [0.25, 0.3) is 0 Å². The third-order valence-electron chi connectivity index (χ3n) is 4.80. The van der Waals surface area contributed by atoms with Gasteiger partial charge in [0.05, 0.1) is 11.5 Å². The predicted molar refractivity (Wildman–Crippen MR) is 86.5 cm³/mol. The number of fused-ring (bicyclic) bond motifs is 1. The van der Waals surface area contributed by atoms with Gasteiger partial charge in [0.2, 0.25) is 0 Å². The number of hydrogen-bond donors (Lipinski definition) is 1. The van der Waals surface area contributed by atoms with Crippen molar-refractivity contribution in [2.75, 3.05) is 11.5 Å². The molecule has 0 saturated carbocycles. The summed E-state index contributed by atoms with van der Waals surface area (Å²) in [6.07, 6.45) is 2.46. The van der Waals surface area contributed by atoms with Crippen molar-refractivity contribution in [3.63, 3.8) is 0 Å². The largest absolute Gasteiger partial charge is 0.307 e. The highest BCUT2D eigenvalue weighted by Gasteiger charge is 2.40. The fourth-order valence-electron chi connectivity index (χ4n) is 3.62. The maximum Gasteiger partial charge on any atom is 0.150 e. The molecule has 0 amide bonds. The first kappa shape index (κ1) is 15.3. The van der Waals surface area contributed by atoms with Crippen molar-refractivity contribution in [1.82, 2.24) is 5.32 Å². The number of hydrogen-bond acceptors (Lipinski definition) is 3. The molecule has 21 heavy (non-hydrogen) atoms. The summed E-state index contributed by atoms with van der Waals surface area (Å²) in [5.41, 5.74) is 2.76. The molecule has 0 radical (unpaired) electrons. The van der Waals surface area contributed by atoms with Crippen LogP contribution in [0.5, 0.6) is 0 Å². The highest BCUT2D eigenvalue weighted by molar-refractivity contribution is 7.91. The lowest BCUT2D eigenvalue weighted by atomic mass is 9.84. The molecule has 1 saturated heterocycles. The second-order valence-electron chi connectivity index (χ2n) is 7.03. The summed E-state index contributed by atoms with van der Waals surface area (Å²) < 4.78 is 23.1. The molecule has 3 nitrogen and oxygen atoms in total. The van der Waals surface area contributed by atoms with Gasteiger partial charge in [-0.05, 0) is 47.9 Å². The molecule has 1 aliphatic heterocycles. The first-order chi connectivity index (χ1) is 9.77. The van der Waals surface area contributed by atoms with Crippen LogP contribution in [-0.2, 0) is 16.3 Å². The van der Waals surface area contributed by atoms with Gasteiger partial charge in [-0.1, -0.05) is 31.5 Å². The number of sulfone groups is 1. The zero-order valence-corrected chi connectivity index (χ0v) is 14.1. The van der Waals surface area contributed by atoms with E-state index in [4.69, 9.17) is 11.6 Å². The van der Waals surface area contributed by atoms with Crippen molar-refractivity contribution in [1.29, 1.82) is 0 Å². The van der Waals surface area contributed by atoms with Crippen LogP contribution >= 0.6 is 11.6 Å². The van der Waals surface area contributed by atoms with E-state index in [-0.39, 0.29) is 17.5 Å². The lowest BCUT2D eigenvalue weighted by molar-refractivity contribution is 0.241. The van der Waals surface area contributed by atoms with Crippen LogP contribution in [0, 0.1) is 5.41 Å². The highest BCUT2D eigenvalue weighted by atomic mass is 35.5. The van der Waals surface area contributed by atoms with Crippen molar-refractivity contribution in [2.45, 2.75) is 45.2 Å². The van der Waals surface area contributed by atoms with Crippen LogP contribution in [0.3, 0.4) is 0 Å². The minimum atomic E-state index is -2.81.